The lowest BCUT2D eigenvalue weighted by atomic mass is 9.93. The molecule has 0 aromatic rings. The van der Waals surface area contributed by atoms with E-state index in [-0.39, 0.29) is 5.92 Å². The van der Waals surface area contributed by atoms with E-state index < -0.39 is 0 Å². The minimum atomic E-state index is 0.157. The molecule has 0 saturated carbocycles. The molecule has 1 atom stereocenters. The second kappa shape index (κ2) is 2.26. The molecule has 11 heavy (non-hydrogen) atoms. The highest BCUT2D eigenvalue weighted by atomic mass is 14.8. The van der Waals surface area contributed by atoms with Crippen molar-refractivity contribution >= 4 is 5.84 Å². The van der Waals surface area contributed by atoms with Crippen molar-refractivity contribution in [1.82, 2.24) is 0 Å². The summed E-state index contributed by atoms with van der Waals surface area (Å²) in [5.74, 6) is 0.810. The van der Waals surface area contributed by atoms with E-state index in [0.717, 1.165) is 5.57 Å². The van der Waals surface area contributed by atoms with Crippen LogP contribution in [0, 0.1) is 5.92 Å². The molecule has 0 aromatic carbocycles. The van der Waals surface area contributed by atoms with Gasteiger partial charge < -0.3 is 5.73 Å². The van der Waals surface area contributed by atoms with Gasteiger partial charge in [0.25, 0.3) is 0 Å². The predicted octanol–water partition coefficient (Wildman–Crippen LogP) is 1.14. The monoisotopic (exact) mass is 144 g/mol. The molecule has 0 radical (unpaired) electrons. The summed E-state index contributed by atoms with van der Waals surface area (Å²) in [6.07, 6.45) is 9.59. The van der Waals surface area contributed by atoms with E-state index in [1.54, 1.807) is 6.20 Å². The molecule has 2 aliphatic rings. The van der Waals surface area contributed by atoms with Crippen LogP contribution in [0.1, 0.15) is 0 Å². The highest BCUT2D eigenvalue weighted by Gasteiger charge is 2.16. The number of rotatable bonds is 0. The van der Waals surface area contributed by atoms with Gasteiger partial charge in [-0.2, -0.15) is 0 Å². The summed E-state index contributed by atoms with van der Waals surface area (Å²) < 4.78 is 0. The van der Waals surface area contributed by atoms with Gasteiger partial charge >= 0.3 is 0 Å². The normalized spacial score (nSPS) is 26.0. The average molecular weight is 144 g/mol. The summed E-state index contributed by atoms with van der Waals surface area (Å²) in [5, 5.41) is 0. The van der Waals surface area contributed by atoms with Crippen LogP contribution in [0.25, 0.3) is 0 Å². The Labute approximate surface area is 65.1 Å². The van der Waals surface area contributed by atoms with E-state index >= 15 is 0 Å². The molecule has 2 nitrogen and oxygen atoms in total. The van der Waals surface area contributed by atoms with Gasteiger partial charge in [-0.25, -0.2) is 4.99 Å². The molecular formula is C9H8N2. The minimum absolute atomic E-state index is 0.157. The van der Waals surface area contributed by atoms with Crippen LogP contribution in [0.4, 0.5) is 0 Å². The Balaban J connectivity index is 2.49. The van der Waals surface area contributed by atoms with Crippen LogP contribution in [0.15, 0.2) is 46.8 Å². The molecule has 0 saturated heterocycles. The summed E-state index contributed by atoms with van der Waals surface area (Å²) in [5.41, 5.74) is 9.80. The fourth-order valence-electron chi connectivity index (χ4n) is 1.20. The van der Waals surface area contributed by atoms with E-state index in [0.29, 0.717) is 5.84 Å². The molecule has 2 heteroatoms. The Morgan fingerprint density at radius 3 is 3.18 bits per heavy atom. The van der Waals surface area contributed by atoms with Crippen LogP contribution in [0.3, 0.4) is 0 Å². The van der Waals surface area contributed by atoms with Crippen LogP contribution >= 0.6 is 0 Å². The number of hydrogen-bond acceptors (Lipinski definition) is 2. The van der Waals surface area contributed by atoms with Crippen molar-refractivity contribution in [3.63, 3.8) is 0 Å². The topological polar surface area (TPSA) is 38.4 Å². The fourth-order valence-corrected chi connectivity index (χ4v) is 1.20. The molecule has 1 unspecified atom stereocenters. The van der Waals surface area contributed by atoms with E-state index in [4.69, 9.17) is 5.73 Å². The highest BCUT2D eigenvalue weighted by molar-refractivity contribution is 5.89. The van der Waals surface area contributed by atoms with Crippen molar-refractivity contribution < 1.29 is 0 Å². The van der Waals surface area contributed by atoms with Crippen molar-refractivity contribution in [1.29, 1.82) is 0 Å². The van der Waals surface area contributed by atoms with Gasteiger partial charge in [-0.05, 0) is 0 Å². The molecule has 0 spiro atoms. The zero-order chi connectivity index (χ0) is 7.68. The molecular weight excluding hydrogens is 136 g/mol. The van der Waals surface area contributed by atoms with Gasteiger partial charge in [0.1, 0.15) is 5.84 Å². The van der Waals surface area contributed by atoms with Crippen LogP contribution in [-0.4, -0.2) is 5.84 Å². The number of aliphatic imine (C=N–C) groups is 1. The average Bonchev–Trinajstić information content (AvgIpc) is 2.06. The number of allylic oxidation sites excluding steroid dienone is 3. The van der Waals surface area contributed by atoms with E-state index in [1.807, 2.05) is 24.3 Å². The lowest BCUT2D eigenvalue weighted by Gasteiger charge is -2.15. The Morgan fingerprint density at radius 1 is 1.45 bits per heavy atom. The lowest BCUT2D eigenvalue weighted by molar-refractivity contribution is 1.02. The summed E-state index contributed by atoms with van der Waals surface area (Å²) >= 11 is 0. The van der Waals surface area contributed by atoms with Gasteiger partial charge in [-0.3, -0.25) is 0 Å². The lowest BCUT2D eigenvalue weighted by Crippen LogP contribution is -2.24. The van der Waals surface area contributed by atoms with Gasteiger partial charge in [0.05, 0.1) is 12.1 Å². The van der Waals surface area contributed by atoms with Crippen molar-refractivity contribution in [2.24, 2.45) is 16.6 Å². The van der Waals surface area contributed by atoms with E-state index in [2.05, 4.69) is 10.7 Å². The maximum absolute atomic E-state index is 5.66. The van der Waals surface area contributed by atoms with Crippen molar-refractivity contribution in [2.45, 2.75) is 0 Å². The molecule has 0 amide bonds. The molecule has 1 aliphatic heterocycles. The summed E-state index contributed by atoms with van der Waals surface area (Å²) in [6, 6.07) is 0. The molecule has 2 N–H and O–H groups in total. The second-order valence-electron chi connectivity index (χ2n) is 2.50. The summed E-state index contributed by atoms with van der Waals surface area (Å²) in [4.78, 5) is 3.97. The minimum Gasteiger partial charge on any atom is -0.386 e. The molecule has 54 valence electrons. The smallest absolute Gasteiger partial charge is 0.112 e. The van der Waals surface area contributed by atoms with Crippen LogP contribution < -0.4 is 5.73 Å². The molecule has 0 fully saturated rings. The molecule has 0 aromatic heterocycles. The molecule has 1 heterocycles. The SMILES string of the molecule is NC1=NC=C=C2C=CC=CC21. The maximum Gasteiger partial charge on any atom is 0.112 e. The van der Waals surface area contributed by atoms with Crippen molar-refractivity contribution in [2.75, 3.05) is 0 Å². The number of nitrogens with zero attached hydrogens (tertiary/aromatic N) is 1. The van der Waals surface area contributed by atoms with Gasteiger partial charge in [0.15, 0.2) is 0 Å². The number of nitrogens with two attached hydrogens (primary N) is 1. The summed E-state index contributed by atoms with van der Waals surface area (Å²) in [7, 11) is 0. The third-order valence-electron chi connectivity index (χ3n) is 1.79. The quantitative estimate of drug-likeness (QED) is 0.509. The molecule has 1 aliphatic carbocycles. The predicted molar refractivity (Wildman–Crippen MR) is 45.0 cm³/mol. The van der Waals surface area contributed by atoms with Crippen molar-refractivity contribution in [3.05, 3.63) is 41.8 Å². The second-order valence-corrected chi connectivity index (χ2v) is 2.50. The Kier molecular flexibility index (Phi) is 1.27. The number of amidine groups is 1. The zero-order valence-electron chi connectivity index (χ0n) is 5.99. The molecule has 0 bridgehead atoms. The standard InChI is InChI=1S/C9H8N2/c10-9-8-4-2-1-3-7(8)5-6-11-9/h1-4,6,8H,(H2,10,11). The Bertz CT molecular complexity index is 325. The van der Waals surface area contributed by atoms with E-state index in [1.165, 1.54) is 0 Å². The van der Waals surface area contributed by atoms with Crippen LogP contribution in [-0.2, 0) is 0 Å². The third-order valence-corrected chi connectivity index (χ3v) is 1.79. The van der Waals surface area contributed by atoms with E-state index in [9.17, 15) is 0 Å². The first-order valence-corrected chi connectivity index (χ1v) is 3.51. The van der Waals surface area contributed by atoms with Gasteiger partial charge in [-0.1, -0.05) is 30.0 Å². The zero-order valence-corrected chi connectivity index (χ0v) is 5.99. The van der Waals surface area contributed by atoms with Gasteiger partial charge in [0.2, 0.25) is 0 Å². The highest BCUT2D eigenvalue weighted by Crippen LogP contribution is 2.19. The van der Waals surface area contributed by atoms with Gasteiger partial charge in [-0.15, -0.1) is 0 Å². The maximum atomic E-state index is 5.66. The first kappa shape index (κ1) is 6.20. The third kappa shape index (κ3) is 0.935. The molecule has 2 rings (SSSR count). The first-order valence-electron chi connectivity index (χ1n) is 3.51. The Morgan fingerprint density at radius 2 is 2.36 bits per heavy atom. The van der Waals surface area contributed by atoms with Crippen LogP contribution in [0.2, 0.25) is 0 Å². The number of fused-ring (bicyclic) bond motifs is 1. The summed E-state index contributed by atoms with van der Waals surface area (Å²) in [6.45, 7) is 0. The first-order chi connectivity index (χ1) is 5.38. The number of hydrogen-bond donors (Lipinski definition) is 1. The van der Waals surface area contributed by atoms with Gasteiger partial charge in [0, 0.05) is 5.57 Å². The fraction of sp³-hybridized carbons (Fsp3) is 0.111. The Hall–Kier alpha value is -1.53. The van der Waals surface area contributed by atoms with Crippen molar-refractivity contribution in [3.8, 4) is 0 Å². The largest absolute Gasteiger partial charge is 0.386 e. The van der Waals surface area contributed by atoms with Crippen LogP contribution in [0.5, 0.6) is 0 Å².